The molecule has 3 aromatic heterocycles. The topological polar surface area (TPSA) is 30.2 Å². The van der Waals surface area contributed by atoms with Crippen molar-refractivity contribution in [2.24, 2.45) is 0 Å². The summed E-state index contributed by atoms with van der Waals surface area (Å²) in [6.45, 7) is 0. The van der Waals surface area contributed by atoms with Gasteiger partial charge < -0.3 is 0 Å². The number of hydrogen-bond acceptors (Lipinski definition) is 3. The van der Waals surface area contributed by atoms with Gasteiger partial charge in [0.2, 0.25) is 0 Å². The highest BCUT2D eigenvalue weighted by Crippen LogP contribution is 2.44. The molecule has 0 bridgehead atoms. The molecule has 0 aliphatic rings. The van der Waals surface area contributed by atoms with Crippen molar-refractivity contribution in [1.29, 1.82) is 0 Å². The minimum atomic E-state index is -2.54. The maximum Gasteiger partial charge on any atom is 0.146 e. The fourth-order valence-electron chi connectivity index (χ4n) is 9.99. The number of rotatable bonds is 6. The van der Waals surface area contributed by atoms with Crippen LogP contribution in [0, 0.1) is 0 Å². The minimum Gasteiger partial charge on any atom is -0.291 e. The van der Waals surface area contributed by atoms with Gasteiger partial charge >= 0.3 is 0 Å². The quantitative estimate of drug-likeness (QED) is 0.123. The SMILES string of the molecule is S=P(c1ccc2ccccc2c1)(c1ccc2ccccc2c1)c1ccc(-c2ccc3c(ccc4c5ccccc5c5nc6ccc(Cc7ccc8ccccc8c7)cc6n5c34)c2)cn1. The van der Waals surface area contributed by atoms with Gasteiger partial charge in [0.25, 0.3) is 0 Å². The van der Waals surface area contributed by atoms with Crippen molar-refractivity contribution in [3.63, 3.8) is 0 Å². The van der Waals surface area contributed by atoms with Gasteiger partial charge in [-0.25, -0.2) is 4.98 Å². The third kappa shape index (κ3) is 5.91. The summed E-state index contributed by atoms with van der Waals surface area (Å²) in [5.41, 5.74) is 9.92. The molecule has 3 nitrogen and oxygen atoms in total. The van der Waals surface area contributed by atoms with Gasteiger partial charge in [-0.1, -0.05) is 188 Å². The van der Waals surface area contributed by atoms with Crippen molar-refractivity contribution >= 4 is 115 Å². The lowest BCUT2D eigenvalue weighted by Crippen LogP contribution is -2.26. The van der Waals surface area contributed by atoms with E-state index in [1.54, 1.807) is 0 Å². The zero-order chi connectivity index (χ0) is 42.4. The van der Waals surface area contributed by atoms with E-state index in [9.17, 15) is 0 Å². The van der Waals surface area contributed by atoms with Crippen LogP contribution in [0.2, 0.25) is 0 Å². The van der Waals surface area contributed by atoms with Gasteiger partial charge in [-0.3, -0.25) is 9.38 Å². The van der Waals surface area contributed by atoms with Crippen LogP contribution in [0.15, 0.2) is 219 Å². The van der Waals surface area contributed by atoms with Crippen molar-refractivity contribution < 1.29 is 0 Å². The minimum absolute atomic E-state index is 0.843. The number of benzene rings is 10. The molecule has 13 rings (SSSR count). The molecular weight excluding hydrogens is 814 g/mol. The van der Waals surface area contributed by atoms with E-state index in [1.807, 2.05) is 6.20 Å². The molecule has 3 heterocycles. The van der Waals surface area contributed by atoms with Crippen LogP contribution >= 0.6 is 6.04 Å². The first-order valence-electron chi connectivity index (χ1n) is 21.8. The van der Waals surface area contributed by atoms with Gasteiger partial charge in [0, 0.05) is 27.9 Å². The Morgan fingerprint density at radius 3 is 1.67 bits per heavy atom. The van der Waals surface area contributed by atoms with E-state index in [1.165, 1.54) is 65.1 Å². The first-order chi connectivity index (χ1) is 31.5. The van der Waals surface area contributed by atoms with Gasteiger partial charge in [0.05, 0.1) is 28.0 Å². The molecule has 0 radical (unpaired) electrons. The van der Waals surface area contributed by atoms with Crippen LogP contribution < -0.4 is 16.0 Å². The summed E-state index contributed by atoms with van der Waals surface area (Å²) in [4.78, 5) is 10.6. The normalized spacial score (nSPS) is 12.2. The molecule has 0 spiro atoms. The third-order valence-corrected chi connectivity index (χ3v) is 18.0. The van der Waals surface area contributed by atoms with Crippen molar-refractivity contribution in [2.75, 3.05) is 0 Å². The highest BCUT2D eigenvalue weighted by atomic mass is 32.4. The van der Waals surface area contributed by atoms with E-state index in [4.69, 9.17) is 21.8 Å². The molecule has 10 aromatic carbocycles. The lowest BCUT2D eigenvalue weighted by atomic mass is 9.98. The monoisotopic (exact) mass is 851 g/mol. The smallest absolute Gasteiger partial charge is 0.146 e. The van der Waals surface area contributed by atoms with E-state index in [0.717, 1.165) is 61.0 Å². The van der Waals surface area contributed by atoms with Crippen LogP contribution in [0.5, 0.6) is 0 Å². The lowest BCUT2D eigenvalue weighted by molar-refractivity contribution is 1.20. The third-order valence-electron chi connectivity index (χ3n) is 13.2. The van der Waals surface area contributed by atoms with E-state index in [2.05, 4.69) is 217 Å². The summed E-state index contributed by atoms with van der Waals surface area (Å²) >= 11 is 6.89. The molecule has 0 aliphatic carbocycles. The molecule has 5 heteroatoms. The molecule has 0 atom stereocenters. The Morgan fingerprint density at radius 1 is 0.422 bits per heavy atom. The largest absolute Gasteiger partial charge is 0.291 e. The Hall–Kier alpha value is -7.49. The Balaban J connectivity index is 0.938. The summed E-state index contributed by atoms with van der Waals surface area (Å²) in [5.74, 6) is 0. The molecule has 0 unspecified atom stereocenters. The Kier molecular flexibility index (Phi) is 8.43. The van der Waals surface area contributed by atoms with Crippen LogP contribution in [-0.2, 0) is 18.2 Å². The molecule has 0 saturated heterocycles. The molecule has 0 amide bonds. The molecule has 0 fully saturated rings. The fourth-order valence-corrected chi connectivity index (χ4v) is 13.5. The molecular formula is C59H38N3PS. The molecule has 64 heavy (non-hydrogen) atoms. The number of hydrogen-bond donors (Lipinski definition) is 0. The zero-order valence-electron chi connectivity index (χ0n) is 34.7. The highest BCUT2D eigenvalue weighted by molar-refractivity contribution is 8.25. The van der Waals surface area contributed by atoms with Crippen molar-refractivity contribution in [3.8, 4) is 11.1 Å². The first kappa shape index (κ1) is 37.1. The summed E-state index contributed by atoms with van der Waals surface area (Å²) in [5, 5.41) is 15.5. The maximum atomic E-state index is 6.89. The van der Waals surface area contributed by atoms with Crippen molar-refractivity contribution in [1.82, 2.24) is 14.4 Å². The zero-order valence-corrected chi connectivity index (χ0v) is 36.4. The summed E-state index contributed by atoms with van der Waals surface area (Å²) in [6, 6.07) is 74.5. The predicted molar refractivity (Wildman–Crippen MR) is 276 cm³/mol. The second-order valence-corrected chi connectivity index (χ2v) is 21.3. The Morgan fingerprint density at radius 2 is 0.984 bits per heavy atom. The maximum absolute atomic E-state index is 6.89. The van der Waals surface area contributed by atoms with Gasteiger partial charge in [-0.05, 0) is 113 Å². The van der Waals surface area contributed by atoms with Gasteiger partial charge in [0.15, 0.2) is 0 Å². The van der Waals surface area contributed by atoms with E-state index in [-0.39, 0.29) is 0 Å². The molecule has 0 saturated carbocycles. The Bertz CT molecular complexity index is 4010. The van der Waals surface area contributed by atoms with E-state index < -0.39 is 6.04 Å². The molecule has 300 valence electrons. The van der Waals surface area contributed by atoms with Crippen LogP contribution in [0.4, 0.5) is 0 Å². The second-order valence-electron chi connectivity index (χ2n) is 17.0. The summed E-state index contributed by atoms with van der Waals surface area (Å²) in [7, 11) is 0. The van der Waals surface area contributed by atoms with Gasteiger partial charge in [0.1, 0.15) is 5.65 Å². The lowest BCUT2D eigenvalue weighted by Gasteiger charge is -2.24. The highest BCUT2D eigenvalue weighted by Gasteiger charge is 2.27. The number of pyridine rings is 2. The number of fused-ring (bicyclic) bond motifs is 13. The number of nitrogens with zero attached hydrogens (tertiary/aromatic N) is 3. The first-order valence-corrected chi connectivity index (χ1v) is 24.6. The second kappa shape index (κ2) is 14.5. The standard InChI is InChI=1S/C59H38N3PS/c64-63(49-25-20-41-10-2-5-13-44(41)35-49,50-26-21-42-11-3-6-14-45(42)36-50)57-30-24-48(37-60-57)46-22-27-51-47(34-46)23-28-53-52-15-7-8-16-54(52)59-61-55-29-18-39(33-56(55)62(59)58(51)53)31-38-17-19-40-9-1-4-12-43(40)32-38/h1-30,32-37H,31H2. The summed E-state index contributed by atoms with van der Waals surface area (Å²) in [6.07, 6.45) is 2.86. The van der Waals surface area contributed by atoms with Crippen LogP contribution in [0.3, 0.4) is 0 Å². The number of imidazole rings is 1. The average Bonchev–Trinajstić information content (AvgIpc) is 3.74. The number of aromatic nitrogens is 3. The van der Waals surface area contributed by atoms with Crippen LogP contribution in [0.25, 0.3) is 92.6 Å². The van der Waals surface area contributed by atoms with E-state index in [0.29, 0.717) is 0 Å². The Labute approximate surface area is 374 Å². The fraction of sp³-hybridized carbons (Fsp3) is 0.0169. The van der Waals surface area contributed by atoms with Gasteiger partial charge in [-0.15, -0.1) is 0 Å². The van der Waals surface area contributed by atoms with Crippen LogP contribution in [0.1, 0.15) is 11.1 Å². The van der Waals surface area contributed by atoms with Crippen molar-refractivity contribution in [2.45, 2.75) is 6.42 Å². The van der Waals surface area contributed by atoms with Crippen LogP contribution in [-0.4, -0.2) is 14.4 Å². The van der Waals surface area contributed by atoms with Gasteiger partial charge in [-0.2, -0.15) is 0 Å². The van der Waals surface area contributed by atoms with E-state index >= 15 is 0 Å². The molecule has 0 N–H and O–H groups in total. The summed E-state index contributed by atoms with van der Waals surface area (Å²) < 4.78 is 2.40. The predicted octanol–water partition coefficient (Wildman–Crippen LogP) is 13.8. The average molecular weight is 852 g/mol. The molecule has 0 aliphatic heterocycles. The van der Waals surface area contributed by atoms with Crippen molar-refractivity contribution in [3.05, 3.63) is 230 Å². The molecule has 13 aromatic rings.